The fourth-order valence-electron chi connectivity index (χ4n) is 2.99. The number of carbonyl (C=O) groups excluding carboxylic acids is 2. The molecule has 7 heteroatoms. The number of hydrogen-bond donors (Lipinski definition) is 2. The van der Waals surface area contributed by atoms with Gasteiger partial charge in [0.1, 0.15) is 5.00 Å². The predicted octanol–water partition coefficient (Wildman–Crippen LogP) is 4.86. The number of thiophene rings is 2. The highest BCUT2D eigenvalue weighted by atomic mass is 32.1. The number of nitrogens with zero attached hydrogens (tertiary/aromatic N) is 1. The Morgan fingerprint density at radius 1 is 1.19 bits per heavy atom. The molecule has 0 saturated carbocycles. The molecule has 1 aliphatic carbocycles. The molecule has 0 unspecified atom stereocenters. The van der Waals surface area contributed by atoms with E-state index in [1.165, 1.54) is 28.7 Å². The predicted molar refractivity (Wildman–Crippen MR) is 114 cm³/mol. The molecule has 1 aliphatic rings. The summed E-state index contributed by atoms with van der Waals surface area (Å²) in [7, 11) is 0. The normalized spacial score (nSPS) is 13.7. The van der Waals surface area contributed by atoms with Crippen molar-refractivity contribution < 1.29 is 9.59 Å². The minimum Gasteiger partial charge on any atom is -0.313 e. The fraction of sp³-hybridized carbons (Fsp3) is 0.350. The van der Waals surface area contributed by atoms with E-state index in [1.54, 1.807) is 17.4 Å². The van der Waals surface area contributed by atoms with Gasteiger partial charge in [0.15, 0.2) is 0 Å². The summed E-state index contributed by atoms with van der Waals surface area (Å²) in [5, 5.41) is 9.53. The van der Waals surface area contributed by atoms with Crippen LogP contribution in [0.1, 0.15) is 58.8 Å². The van der Waals surface area contributed by atoms with Crippen molar-refractivity contribution in [3.63, 3.8) is 0 Å². The zero-order valence-electron chi connectivity index (χ0n) is 15.5. The van der Waals surface area contributed by atoms with Gasteiger partial charge in [0.05, 0.1) is 5.56 Å². The van der Waals surface area contributed by atoms with Gasteiger partial charge in [-0.25, -0.2) is 5.43 Å². The largest absolute Gasteiger partial charge is 0.313 e. The number of aryl methyl sites for hydroxylation is 1. The standard InChI is InChI=1S/C20H23N3O2S2/c1-13(2)22-23-19(25)18-15-8-4-3-5-9-16(15)27-20(18)21-17(24)11-10-14-7-6-12-26-14/h6-7,10-12H,3-5,8-9H2,1-2H3,(H,21,24)(H,23,25)/b11-10+. The number of anilines is 1. The molecule has 2 heterocycles. The molecule has 2 amide bonds. The van der Waals surface area contributed by atoms with Crippen molar-refractivity contribution >= 4 is 51.3 Å². The van der Waals surface area contributed by atoms with Crippen LogP contribution < -0.4 is 10.7 Å². The molecule has 2 N–H and O–H groups in total. The maximum Gasteiger partial charge on any atom is 0.274 e. The van der Waals surface area contributed by atoms with Crippen LogP contribution in [0.5, 0.6) is 0 Å². The number of hydrazone groups is 1. The van der Waals surface area contributed by atoms with Crippen LogP contribution in [-0.4, -0.2) is 17.5 Å². The van der Waals surface area contributed by atoms with E-state index < -0.39 is 0 Å². The first-order valence-electron chi connectivity index (χ1n) is 9.03. The summed E-state index contributed by atoms with van der Waals surface area (Å²) in [5.41, 5.74) is 5.02. The molecular formula is C20H23N3O2S2. The lowest BCUT2D eigenvalue weighted by Gasteiger charge is -2.07. The summed E-state index contributed by atoms with van der Waals surface area (Å²) in [5.74, 6) is -0.489. The number of amides is 2. The molecule has 0 spiro atoms. The second-order valence-electron chi connectivity index (χ2n) is 6.61. The average molecular weight is 402 g/mol. The molecule has 0 aliphatic heterocycles. The lowest BCUT2D eigenvalue weighted by Crippen LogP contribution is -2.21. The molecule has 0 atom stereocenters. The van der Waals surface area contributed by atoms with Gasteiger partial charge in [0.2, 0.25) is 5.91 Å². The van der Waals surface area contributed by atoms with Crippen LogP contribution in [0.4, 0.5) is 5.00 Å². The summed E-state index contributed by atoms with van der Waals surface area (Å²) in [6, 6.07) is 3.89. The highest BCUT2D eigenvalue weighted by Gasteiger charge is 2.25. The lowest BCUT2D eigenvalue weighted by molar-refractivity contribution is -0.111. The number of nitrogens with one attached hydrogen (secondary N) is 2. The first-order chi connectivity index (χ1) is 13.0. The Hall–Kier alpha value is -2.25. The van der Waals surface area contributed by atoms with Gasteiger partial charge < -0.3 is 5.32 Å². The summed E-state index contributed by atoms with van der Waals surface area (Å²) < 4.78 is 0. The fourth-order valence-corrected chi connectivity index (χ4v) is 4.89. The molecule has 27 heavy (non-hydrogen) atoms. The van der Waals surface area contributed by atoms with Crippen LogP contribution in [0.15, 0.2) is 28.7 Å². The Morgan fingerprint density at radius 2 is 2.00 bits per heavy atom. The van der Waals surface area contributed by atoms with E-state index in [0.717, 1.165) is 41.8 Å². The smallest absolute Gasteiger partial charge is 0.274 e. The summed E-state index contributed by atoms with van der Waals surface area (Å²) in [6.45, 7) is 3.65. The van der Waals surface area contributed by atoms with Gasteiger partial charge in [-0.05, 0) is 62.6 Å². The van der Waals surface area contributed by atoms with Crippen LogP contribution in [0.2, 0.25) is 0 Å². The molecule has 2 aromatic rings. The molecular weight excluding hydrogens is 378 g/mol. The minimum absolute atomic E-state index is 0.232. The first kappa shape index (κ1) is 19.5. The number of carbonyl (C=O) groups is 2. The number of hydrogen-bond acceptors (Lipinski definition) is 5. The minimum atomic E-state index is -0.256. The summed E-state index contributed by atoms with van der Waals surface area (Å²) in [4.78, 5) is 27.4. The van der Waals surface area contributed by atoms with Gasteiger partial charge in [-0.1, -0.05) is 12.5 Å². The molecule has 142 valence electrons. The summed E-state index contributed by atoms with van der Waals surface area (Å²) >= 11 is 3.09. The van der Waals surface area contributed by atoms with Crippen LogP contribution in [0.25, 0.3) is 6.08 Å². The quantitative estimate of drug-likeness (QED) is 0.325. The third-order valence-electron chi connectivity index (χ3n) is 4.21. The van der Waals surface area contributed by atoms with E-state index in [2.05, 4.69) is 15.8 Å². The van der Waals surface area contributed by atoms with Crippen molar-refractivity contribution in [3.05, 3.63) is 44.5 Å². The maximum absolute atomic E-state index is 12.8. The monoisotopic (exact) mass is 401 g/mol. The molecule has 3 rings (SSSR count). The van der Waals surface area contributed by atoms with E-state index in [-0.39, 0.29) is 11.8 Å². The lowest BCUT2D eigenvalue weighted by atomic mass is 10.1. The number of rotatable bonds is 5. The molecule has 0 radical (unpaired) electrons. The van der Waals surface area contributed by atoms with Gasteiger partial charge >= 0.3 is 0 Å². The highest BCUT2D eigenvalue weighted by molar-refractivity contribution is 7.17. The Bertz CT molecular complexity index is 875. The molecule has 0 bridgehead atoms. The Balaban J connectivity index is 1.85. The molecule has 0 saturated heterocycles. The Labute approximate surface area is 167 Å². The van der Waals surface area contributed by atoms with Gasteiger partial charge in [-0.15, -0.1) is 22.7 Å². The third-order valence-corrected chi connectivity index (χ3v) is 6.25. The molecule has 0 fully saturated rings. The van der Waals surface area contributed by atoms with Crippen molar-refractivity contribution in [1.82, 2.24) is 5.43 Å². The topological polar surface area (TPSA) is 70.6 Å². The van der Waals surface area contributed by atoms with Crippen LogP contribution in [0, 0.1) is 0 Å². The third kappa shape index (κ3) is 5.14. The van der Waals surface area contributed by atoms with Gasteiger partial charge in [-0.2, -0.15) is 5.10 Å². The van der Waals surface area contributed by atoms with Crippen LogP contribution >= 0.6 is 22.7 Å². The first-order valence-corrected chi connectivity index (χ1v) is 10.7. The number of fused-ring (bicyclic) bond motifs is 1. The van der Waals surface area contributed by atoms with Gasteiger partial charge in [0.25, 0.3) is 5.91 Å². The van der Waals surface area contributed by atoms with Crippen molar-refractivity contribution in [3.8, 4) is 0 Å². The average Bonchev–Trinajstić information content (AvgIpc) is 3.20. The van der Waals surface area contributed by atoms with Crippen molar-refractivity contribution in [2.45, 2.75) is 46.0 Å². The van der Waals surface area contributed by atoms with E-state index in [1.807, 2.05) is 31.4 Å². The van der Waals surface area contributed by atoms with Crippen molar-refractivity contribution in [2.75, 3.05) is 5.32 Å². The van der Waals surface area contributed by atoms with Crippen molar-refractivity contribution in [1.29, 1.82) is 0 Å². The van der Waals surface area contributed by atoms with Crippen LogP contribution in [-0.2, 0) is 17.6 Å². The van der Waals surface area contributed by atoms with E-state index in [9.17, 15) is 9.59 Å². The molecule has 5 nitrogen and oxygen atoms in total. The molecule has 2 aromatic heterocycles. The highest BCUT2D eigenvalue weighted by Crippen LogP contribution is 2.37. The summed E-state index contributed by atoms with van der Waals surface area (Å²) in [6.07, 6.45) is 8.45. The van der Waals surface area contributed by atoms with E-state index >= 15 is 0 Å². The Kier molecular flexibility index (Phi) is 6.58. The van der Waals surface area contributed by atoms with Crippen molar-refractivity contribution in [2.24, 2.45) is 5.10 Å². The second kappa shape index (κ2) is 9.10. The van der Waals surface area contributed by atoms with E-state index in [0.29, 0.717) is 10.6 Å². The van der Waals surface area contributed by atoms with Crippen LogP contribution in [0.3, 0.4) is 0 Å². The zero-order valence-corrected chi connectivity index (χ0v) is 17.1. The van der Waals surface area contributed by atoms with Gasteiger partial charge in [0, 0.05) is 21.5 Å². The SMILES string of the molecule is CC(C)=NNC(=O)c1c(NC(=O)/C=C/c2cccs2)sc2c1CCCCC2. The molecule has 0 aromatic carbocycles. The Morgan fingerprint density at radius 3 is 2.74 bits per heavy atom. The maximum atomic E-state index is 12.8. The van der Waals surface area contributed by atoms with E-state index in [4.69, 9.17) is 0 Å². The second-order valence-corrected chi connectivity index (χ2v) is 8.69. The zero-order chi connectivity index (χ0) is 19.2. The van der Waals surface area contributed by atoms with Gasteiger partial charge in [-0.3, -0.25) is 9.59 Å².